The molecule has 0 spiro atoms. The van der Waals surface area contributed by atoms with Crippen molar-refractivity contribution < 1.29 is 9.18 Å². The van der Waals surface area contributed by atoms with Gasteiger partial charge in [-0.25, -0.2) is 4.39 Å². The predicted molar refractivity (Wildman–Crippen MR) is 166 cm³/mol. The van der Waals surface area contributed by atoms with E-state index in [9.17, 15) is 9.18 Å². The van der Waals surface area contributed by atoms with Crippen molar-refractivity contribution in [2.24, 2.45) is 0 Å². The predicted octanol–water partition coefficient (Wildman–Crippen LogP) is 7.18. The minimum Gasteiger partial charge on any atom is -0.348 e. The van der Waals surface area contributed by atoms with Crippen LogP contribution in [0.3, 0.4) is 0 Å². The lowest BCUT2D eigenvalue weighted by molar-refractivity contribution is 0.0952. The number of carbonyl (C=O) groups excluding carboxylic acids is 1. The molecule has 3 aromatic carbocycles. The summed E-state index contributed by atoms with van der Waals surface area (Å²) in [6.45, 7) is 9.42. The lowest BCUT2D eigenvalue weighted by Gasteiger charge is -2.22. The summed E-state index contributed by atoms with van der Waals surface area (Å²) in [5.41, 5.74) is 5.15. The molecule has 1 N–H and O–H groups in total. The maximum atomic E-state index is 13.3. The quantitative estimate of drug-likeness (QED) is 0.211. The number of aryl methyl sites for hydroxylation is 2. The number of fused-ring (bicyclic) bond motifs is 1. The molecule has 1 aromatic heterocycles. The van der Waals surface area contributed by atoms with E-state index in [1.807, 2.05) is 36.5 Å². The zero-order chi connectivity index (χ0) is 28.8. The van der Waals surface area contributed by atoms with E-state index >= 15 is 0 Å². The molecular formula is C33H37Cl2FN4O. The van der Waals surface area contributed by atoms with Gasteiger partial charge < -0.3 is 14.8 Å². The number of para-hydroxylation sites is 1. The van der Waals surface area contributed by atoms with Crippen molar-refractivity contribution in [3.63, 3.8) is 0 Å². The maximum Gasteiger partial charge on any atom is 0.253 e. The molecule has 1 fully saturated rings. The lowest BCUT2D eigenvalue weighted by Crippen LogP contribution is -2.31. The van der Waals surface area contributed by atoms with E-state index in [1.165, 1.54) is 5.56 Å². The number of carbonyl (C=O) groups is 1. The Balaban J connectivity index is 1.21. The molecule has 8 heteroatoms. The molecule has 4 aromatic rings. The normalized spacial score (nSPS) is 14.8. The Morgan fingerprint density at radius 3 is 2.44 bits per heavy atom. The Bertz CT molecular complexity index is 1490. The standard InChI is InChI=1S/C33H37Cl2FN4O/c1-2-26-6-3-7-28-29(33(41)37-21-25-10-13-30(34)31(35)20-25)23-40(32(26)28)17-5-15-38-14-4-16-39(19-18-38)22-24-8-11-27(36)12-9-24/h3,6-13,20,23H,2,4-5,14-19,21-22H2,1H3,(H,37,41). The van der Waals surface area contributed by atoms with Gasteiger partial charge in [-0.2, -0.15) is 0 Å². The summed E-state index contributed by atoms with van der Waals surface area (Å²) in [6.07, 6.45) is 5.05. The third-order valence-electron chi connectivity index (χ3n) is 7.92. The van der Waals surface area contributed by atoms with E-state index in [0.717, 1.165) is 87.1 Å². The van der Waals surface area contributed by atoms with Crippen LogP contribution in [0.2, 0.25) is 10.0 Å². The van der Waals surface area contributed by atoms with E-state index in [4.69, 9.17) is 23.2 Å². The lowest BCUT2D eigenvalue weighted by atomic mass is 10.1. The first-order valence-corrected chi connectivity index (χ1v) is 15.2. The molecule has 1 aliphatic heterocycles. The Hall–Kier alpha value is -2.90. The van der Waals surface area contributed by atoms with Crippen LogP contribution < -0.4 is 5.32 Å². The highest BCUT2D eigenvalue weighted by Gasteiger charge is 2.18. The zero-order valence-electron chi connectivity index (χ0n) is 23.5. The Morgan fingerprint density at radius 1 is 0.902 bits per heavy atom. The molecule has 41 heavy (non-hydrogen) atoms. The van der Waals surface area contributed by atoms with Gasteiger partial charge in [0.25, 0.3) is 5.91 Å². The highest BCUT2D eigenvalue weighted by atomic mass is 35.5. The van der Waals surface area contributed by atoms with Gasteiger partial charge in [0, 0.05) is 44.3 Å². The second-order valence-corrected chi connectivity index (χ2v) is 11.6. The van der Waals surface area contributed by atoms with Gasteiger partial charge >= 0.3 is 0 Å². The van der Waals surface area contributed by atoms with Crippen molar-refractivity contribution >= 4 is 40.0 Å². The van der Waals surface area contributed by atoms with Gasteiger partial charge in [0.15, 0.2) is 0 Å². The molecule has 0 saturated carbocycles. The minimum atomic E-state index is -0.187. The van der Waals surface area contributed by atoms with E-state index in [1.54, 1.807) is 24.3 Å². The van der Waals surface area contributed by atoms with Crippen LogP contribution in [0.4, 0.5) is 4.39 Å². The molecule has 0 atom stereocenters. The molecule has 1 saturated heterocycles. The summed E-state index contributed by atoms with van der Waals surface area (Å²) in [7, 11) is 0. The van der Waals surface area contributed by atoms with Crippen molar-refractivity contribution in [1.29, 1.82) is 0 Å². The molecule has 0 unspecified atom stereocenters. The fraction of sp³-hybridized carbons (Fsp3) is 0.364. The monoisotopic (exact) mass is 594 g/mol. The first-order valence-electron chi connectivity index (χ1n) is 14.4. The number of hydrogen-bond donors (Lipinski definition) is 1. The molecule has 2 heterocycles. The van der Waals surface area contributed by atoms with Crippen LogP contribution in [-0.2, 0) is 26.1 Å². The summed E-state index contributed by atoms with van der Waals surface area (Å²) < 4.78 is 15.5. The molecule has 0 aliphatic carbocycles. The van der Waals surface area contributed by atoms with Crippen LogP contribution in [0.5, 0.6) is 0 Å². The zero-order valence-corrected chi connectivity index (χ0v) is 25.0. The molecule has 1 amide bonds. The van der Waals surface area contributed by atoms with E-state index in [0.29, 0.717) is 22.2 Å². The van der Waals surface area contributed by atoms with Gasteiger partial charge in [-0.15, -0.1) is 0 Å². The van der Waals surface area contributed by atoms with E-state index < -0.39 is 0 Å². The topological polar surface area (TPSA) is 40.5 Å². The molecule has 1 aliphatic rings. The van der Waals surface area contributed by atoms with E-state index in [2.05, 4.69) is 32.7 Å². The summed E-state index contributed by atoms with van der Waals surface area (Å²) in [4.78, 5) is 18.3. The highest BCUT2D eigenvalue weighted by Crippen LogP contribution is 2.27. The minimum absolute atomic E-state index is 0.0955. The number of aromatic nitrogens is 1. The average molecular weight is 596 g/mol. The third kappa shape index (κ3) is 7.49. The Labute approximate surface area is 251 Å². The number of amides is 1. The van der Waals surface area contributed by atoms with Crippen LogP contribution in [0, 0.1) is 5.82 Å². The Kier molecular flexibility index (Phi) is 9.99. The van der Waals surface area contributed by atoms with Gasteiger partial charge in [-0.3, -0.25) is 9.69 Å². The second kappa shape index (κ2) is 13.8. The number of nitrogens with one attached hydrogen (secondary N) is 1. The average Bonchev–Trinajstić information content (AvgIpc) is 3.21. The van der Waals surface area contributed by atoms with Crippen LogP contribution in [0.15, 0.2) is 66.9 Å². The summed E-state index contributed by atoms with van der Waals surface area (Å²) in [6, 6.07) is 18.5. The third-order valence-corrected chi connectivity index (χ3v) is 8.66. The van der Waals surface area contributed by atoms with Gasteiger partial charge in [0.05, 0.1) is 21.1 Å². The van der Waals surface area contributed by atoms with Gasteiger partial charge in [-0.05, 0) is 79.9 Å². The van der Waals surface area contributed by atoms with Crippen molar-refractivity contribution in [3.05, 3.63) is 105 Å². The van der Waals surface area contributed by atoms with Crippen LogP contribution in [0.1, 0.15) is 46.8 Å². The SMILES string of the molecule is CCc1cccc2c(C(=O)NCc3ccc(Cl)c(Cl)c3)cn(CCCN3CCCN(Cc4ccc(F)cc4)CC3)c12. The van der Waals surface area contributed by atoms with Crippen molar-refractivity contribution in [2.75, 3.05) is 32.7 Å². The first kappa shape index (κ1) is 29.6. The van der Waals surface area contributed by atoms with Gasteiger partial charge in [0.2, 0.25) is 0 Å². The molecule has 5 nitrogen and oxygen atoms in total. The van der Waals surface area contributed by atoms with Crippen molar-refractivity contribution in [1.82, 2.24) is 19.7 Å². The van der Waals surface area contributed by atoms with Gasteiger partial charge in [-0.1, -0.05) is 66.5 Å². The number of rotatable bonds is 10. The fourth-order valence-electron chi connectivity index (χ4n) is 5.73. The maximum absolute atomic E-state index is 13.3. The number of halogens is 3. The van der Waals surface area contributed by atoms with Crippen molar-refractivity contribution in [2.45, 2.75) is 45.8 Å². The molecule has 5 rings (SSSR count). The largest absolute Gasteiger partial charge is 0.348 e. The second-order valence-electron chi connectivity index (χ2n) is 10.8. The molecule has 216 valence electrons. The fourth-order valence-corrected chi connectivity index (χ4v) is 6.05. The Morgan fingerprint density at radius 2 is 1.66 bits per heavy atom. The first-order chi connectivity index (χ1) is 19.9. The highest BCUT2D eigenvalue weighted by molar-refractivity contribution is 6.42. The molecule has 0 bridgehead atoms. The van der Waals surface area contributed by atoms with Crippen LogP contribution in [0.25, 0.3) is 10.9 Å². The van der Waals surface area contributed by atoms with Crippen LogP contribution >= 0.6 is 23.2 Å². The molecular weight excluding hydrogens is 558 g/mol. The number of benzene rings is 3. The summed E-state index contributed by atoms with van der Waals surface area (Å²) in [5.74, 6) is -0.282. The number of hydrogen-bond acceptors (Lipinski definition) is 3. The van der Waals surface area contributed by atoms with E-state index in [-0.39, 0.29) is 11.7 Å². The smallest absolute Gasteiger partial charge is 0.253 e. The van der Waals surface area contributed by atoms with Crippen molar-refractivity contribution in [3.8, 4) is 0 Å². The summed E-state index contributed by atoms with van der Waals surface area (Å²) in [5, 5.41) is 5.03. The van der Waals surface area contributed by atoms with Gasteiger partial charge in [0.1, 0.15) is 5.82 Å². The molecule has 0 radical (unpaired) electrons. The summed E-state index contributed by atoms with van der Waals surface area (Å²) >= 11 is 12.2. The van der Waals surface area contributed by atoms with Crippen LogP contribution in [-0.4, -0.2) is 53.0 Å². The number of nitrogens with zero attached hydrogens (tertiary/aromatic N) is 3.